The number of aromatic nitrogens is 2. The van der Waals surface area contributed by atoms with Crippen LogP contribution < -0.4 is 19.5 Å². The largest absolute Gasteiger partial charge is 0.496 e. The molecule has 0 bridgehead atoms. The maximum absolute atomic E-state index is 13.0. The van der Waals surface area contributed by atoms with Crippen LogP contribution in [0.4, 0.5) is 0 Å². The van der Waals surface area contributed by atoms with E-state index in [1.807, 2.05) is 32.0 Å². The molecule has 0 radical (unpaired) electrons. The summed E-state index contributed by atoms with van der Waals surface area (Å²) in [6.07, 6.45) is 1.58. The Balaban J connectivity index is 1.88. The SMILES string of the molecule is COc1cc(OC)c(OC)cc1CNC(=O)c1cnn(-c2cccc(Cl)c2)c1C(C)C. The first-order chi connectivity index (χ1) is 14.9. The molecule has 2 aromatic carbocycles. The van der Waals surface area contributed by atoms with Gasteiger partial charge in [0, 0.05) is 23.2 Å². The molecule has 1 aromatic heterocycles. The summed E-state index contributed by atoms with van der Waals surface area (Å²) in [5, 5.41) is 8.01. The molecule has 31 heavy (non-hydrogen) atoms. The van der Waals surface area contributed by atoms with Crippen LogP contribution in [0.5, 0.6) is 17.2 Å². The third-order valence-electron chi connectivity index (χ3n) is 4.88. The lowest BCUT2D eigenvalue weighted by molar-refractivity contribution is 0.0949. The molecule has 0 aliphatic rings. The zero-order valence-electron chi connectivity index (χ0n) is 18.2. The van der Waals surface area contributed by atoms with Crippen molar-refractivity contribution < 1.29 is 19.0 Å². The second kappa shape index (κ2) is 9.75. The quantitative estimate of drug-likeness (QED) is 0.550. The highest BCUT2D eigenvalue weighted by molar-refractivity contribution is 6.30. The Hall–Kier alpha value is -3.19. The van der Waals surface area contributed by atoms with Crippen molar-refractivity contribution >= 4 is 17.5 Å². The lowest BCUT2D eigenvalue weighted by Gasteiger charge is -2.15. The van der Waals surface area contributed by atoms with Crippen molar-refractivity contribution in [2.75, 3.05) is 21.3 Å². The van der Waals surface area contributed by atoms with Crippen LogP contribution in [0.1, 0.15) is 41.4 Å². The number of nitrogens with zero attached hydrogens (tertiary/aromatic N) is 2. The molecule has 8 heteroatoms. The maximum atomic E-state index is 13.0. The molecule has 1 amide bonds. The number of nitrogens with one attached hydrogen (secondary N) is 1. The molecule has 0 unspecified atom stereocenters. The van der Waals surface area contributed by atoms with E-state index in [2.05, 4.69) is 10.4 Å². The van der Waals surface area contributed by atoms with E-state index >= 15 is 0 Å². The van der Waals surface area contributed by atoms with Crippen molar-refractivity contribution in [3.05, 3.63) is 64.4 Å². The Morgan fingerprint density at radius 2 is 1.74 bits per heavy atom. The van der Waals surface area contributed by atoms with E-state index in [0.717, 1.165) is 16.9 Å². The van der Waals surface area contributed by atoms with Gasteiger partial charge >= 0.3 is 0 Å². The highest BCUT2D eigenvalue weighted by Gasteiger charge is 2.21. The summed E-state index contributed by atoms with van der Waals surface area (Å²) in [4.78, 5) is 13.0. The van der Waals surface area contributed by atoms with Crippen LogP contribution in [0, 0.1) is 0 Å². The number of ether oxygens (including phenoxy) is 3. The van der Waals surface area contributed by atoms with E-state index in [4.69, 9.17) is 25.8 Å². The fourth-order valence-electron chi connectivity index (χ4n) is 3.40. The van der Waals surface area contributed by atoms with Crippen molar-refractivity contribution in [1.29, 1.82) is 0 Å². The van der Waals surface area contributed by atoms with Gasteiger partial charge < -0.3 is 19.5 Å². The second-order valence-electron chi connectivity index (χ2n) is 7.19. The predicted octanol–water partition coefficient (Wildman–Crippen LogP) is 4.60. The number of amides is 1. The normalized spacial score (nSPS) is 10.8. The summed E-state index contributed by atoms with van der Waals surface area (Å²) in [6, 6.07) is 10.9. The highest BCUT2D eigenvalue weighted by Crippen LogP contribution is 2.34. The fourth-order valence-corrected chi connectivity index (χ4v) is 3.59. The number of rotatable bonds is 8. The van der Waals surface area contributed by atoms with E-state index in [1.165, 1.54) is 0 Å². The van der Waals surface area contributed by atoms with E-state index in [-0.39, 0.29) is 18.4 Å². The van der Waals surface area contributed by atoms with Gasteiger partial charge in [-0.15, -0.1) is 0 Å². The molecule has 1 N–H and O–H groups in total. The molecular formula is C23H26ClN3O4. The van der Waals surface area contributed by atoms with E-state index < -0.39 is 0 Å². The third kappa shape index (κ3) is 4.77. The van der Waals surface area contributed by atoms with Gasteiger partial charge in [0.25, 0.3) is 5.91 Å². The molecule has 0 atom stereocenters. The van der Waals surface area contributed by atoms with Crippen LogP contribution in [0.3, 0.4) is 0 Å². The summed E-state index contributed by atoms with van der Waals surface area (Å²) >= 11 is 6.14. The highest BCUT2D eigenvalue weighted by atomic mass is 35.5. The van der Waals surface area contributed by atoms with Gasteiger partial charge in [-0.3, -0.25) is 4.79 Å². The van der Waals surface area contributed by atoms with Gasteiger partial charge in [-0.05, 0) is 30.2 Å². The lowest BCUT2D eigenvalue weighted by Crippen LogP contribution is -2.24. The number of carbonyl (C=O) groups excluding carboxylic acids is 1. The maximum Gasteiger partial charge on any atom is 0.255 e. The second-order valence-corrected chi connectivity index (χ2v) is 7.63. The van der Waals surface area contributed by atoms with Gasteiger partial charge in [0.15, 0.2) is 11.5 Å². The van der Waals surface area contributed by atoms with Crippen LogP contribution in [-0.4, -0.2) is 37.0 Å². The first-order valence-corrected chi connectivity index (χ1v) is 10.2. The predicted molar refractivity (Wildman–Crippen MR) is 120 cm³/mol. The minimum absolute atomic E-state index is 0.0675. The zero-order chi connectivity index (χ0) is 22.5. The number of hydrogen-bond acceptors (Lipinski definition) is 5. The minimum Gasteiger partial charge on any atom is -0.496 e. The van der Waals surface area contributed by atoms with Gasteiger partial charge in [-0.1, -0.05) is 31.5 Å². The van der Waals surface area contributed by atoms with Crippen molar-refractivity contribution in [2.45, 2.75) is 26.3 Å². The molecule has 0 saturated carbocycles. The summed E-state index contributed by atoms with van der Waals surface area (Å²) in [5.74, 6) is 1.55. The number of carbonyl (C=O) groups is 1. The number of halogens is 1. The molecule has 0 fully saturated rings. The molecule has 0 spiro atoms. The zero-order valence-corrected chi connectivity index (χ0v) is 19.0. The van der Waals surface area contributed by atoms with Crippen LogP contribution in [0.15, 0.2) is 42.6 Å². The Labute approximate surface area is 186 Å². The van der Waals surface area contributed by atoms with Crippen molar-refractivity contribution in [1.82, 2.24) is 15.1 Å². The molecule has 164 valence electrons. The molecule has 0 aliphatic carbocycles. The first-order valence-electron chi connectivity index (χ1n) is 9.80. The molecule has 7 nitrogen and oxygen atoms in total. The Morgan fingerprint density at radius 1 is 1.06 bits per heavy atom. The Kier molecular flexibility index (Phi) is 7.07. The Morgan fingerprint density at radius 3 is 2.35 bits per heavy atom. The monoisotopic (exact) mass is 443 g/mol. The number of hydrogen-bond donors (Lipinski definition) is 1. The molecule has 3 rings (SSSR count). The summed E-state index contributed by atoms with van der Waals surface area (Å²) in [5.41, 5.74) is 2.88. The van der Waals surface area contributed by atoms with Gasteiger partial charge in [0.2, 0.25) is 0 Å². The van der Waals surface area contributed by atoms with E-state index in [0.29, 0.717) is 27.8 Å². The summed E-state index contributed by atoms with van der Waals surface area (Å²) in [7, 11) is 4.69. The smallest absolute Gasteiger partial charge is 0.255 e. The van der Waals surface area contributed by atoms with Crippen LogP contribution in [0.25, 0.3) is 5.69 Å². The first kappa shape index (κ1) is 22.5. The average Bonchev–Trinajstić information content (AvgIpc) is 3.22. The Bertz CT molecular complexity index is 1080. The van der Waals surface area contributed by atoms with Crippen molar-refractivity contribution in [2.24, 2.45) is 0 Å². The molecule has 3 aromatic rings. The molecule has 0 aliphatic heterocycles. The van der Waals surface area contributed by atoms with Gasteiger partial charge in [-0.25, -0.2) is 4.68 Å². The molecule has 1 heterocycles. The van der Waals surface area contributed by atoms with Crippen molar-refractivity contribution in [3.8, 4) is 22.9 Å². The van der Waals surface area contributed by atoms with Crippen LogP contribution in [-0.2, 0) is 6.54 Å². The van der Waals surface area contributed by atoms with Crippen LogP contribution in [0.2, 0.25) is 5.02 Å². The lowest BCUT2D eigenvalue weighted by atomic mass is 10.0. The van der Waals surface area contributed by atoms with Gasteiger partial charge in [0.05, 0.1) is 44.5 Å². The summed E-state index contributed by atoms with van der Waals surface area (Å²) < 4.78 is 17.9. The topological polar surface area (TPSA) is 74.6 Å². The standard InChI is InChI=1S/C23H26ClN3O4/c1-14(2)22-18(13-26-27(22)17-8-6-7-16(24)10-17)23(28)25-12-15-9-20(30-4)21(31-5)11-19(15)29-3/h6-11,13-14H,12H2,1-5H3,(H,25,28). The average molecular weight is 444 g/mol. The minimum atomic E-state index is -0.228. The van der Waals surface area contributed by atoms with Gasteiger partial charge in [0.1, 0.15) is 5.75 Å². The third-order valence-corrected chi connectivity index (χ3v) is 5.11. The molecule has 0 saturated heterocycles. The van der Waals surface area contributed by atoms with Crippen molar-refractivity contribution in [3.63, 3.8) is 0 Å². The number of benzene rings is 2. The summed E-state index contributed by atoms with van der Waals surface area (Å²) in [6.45, 7) is 4.29. The van der Waals surface area contributed by atoms with E-state index in [9.17, 15) is 4.79 Å². The van der Waals surface area contributed by atoms with Gasteiger partial charge in [-0.2, -0.15) is 5.10 Å². The number of methoxy groups -OCH3 is 3. The van der Waals surface area contributed by atoms with E-state index in [1.54, 1.807) is 50.4 Å². The van der Waals surface area contributed by atoms with Crippen LogP contribution >= 0.6 is 11.6 Å². The molecular weight excluding hydrogens is 418 g/mol. The fraction of sp³-hybridized carbons (Fsp3) is 0.304.